The van der Waals surface area contributed by atoms with Crippen molar-refractivity contribution in [1.82, 2.24) is 0 Å². The van der Waals surface area contributed by atoms with Crippen molar-refractivity contribution in [3.63, 3.8) is 0 Å². The van der Waals surface area contributed by atoms with E-state index in [-0.39, 0.29) is 21.8 Å². The highest BCUT2D eigenvalue weighted by atomic mass is 79.9. The quantitative estimate of drug-likeness (QED) is 0.801. The highest BCUT2D eigenvalue weighted by Gasteiger charge is 2.62. The molecule has 16 heavy (non-hydrogen) atoms. The Morgan fingerprint density at radius 2 is 1.75 bits per heavy atom. The van der Waals surface area contributed by atoms with Gasteiger partial charge in [0.1, 0.15) is 6.04 Å². The summed E-state index contributed by atoms with van der Waals surface area (Å²) in [5, 5.41) is 1.38. The summed E-state index contributed by atoms with van der Waals surface area (Å²) in [6.45, 7) is 0. The van der Waals surface area contributed by atoms with Crippen LogP contribution in [-0.2, 0) is 0 Å². The van der Waals surface area contributed by atoms with Gasteiger partial charge in [-0.3, -0.25) is 0 Å². The fourth-order valence-corrected chi connectivity index (χ4v) is 2.53. The van der Waals surface area contributed by atoms with Crippen molar-refractivity contribution in [2.24, 2.45) is 5.73 Å². The zero-order chi connectivity index (χ0) is 11.9. The summed E-state index contributed by atoms with van der Waals surface area (Å²) in [5.74, 6) is -4.93. The molecule has 0 bridgehead atoms. The molecule has 1 aromatic rings. The molecule has 0 fully saturated rings. The maximum absolute atomic E-state index is 12.8. The summed E-state index contributed by atoms with van der Waals surface area (Å²) in [6.07, 6.45) is -5.64. The van der Waals surface area contributed by atoms with Gasteiger partial charge in [-0.15, -0.1) is 23.7 Å². The van der Waals surface area contributed by atoms with Crippen LogP contribution in [0.1, 0.15) is 10.9 Å². The summed E-state index contributed by atoms with van der Waals surface area (Å²) in [6, 6.07) is -1.02. The average molecular weight is 347 g/mol. The monoisotopic (exact) mass is 345 g/mol. The number of hydrogen-bond acceptors (Lipinski definition) is 2. The predicted molar refractivity (Wildman–Crippen MR) is 57.2 cm³/mol. The lowest BCUT2D eigenvalue weighted by Gasteiger charge is -2.25. The Bertz CT molecular complexity index is 353. The van der Waals surface area contributed by atoms with Crippen LogP contribution in [0.5, 0.6) is 0 Å². The van der Waals surface area contributed by atoms with E-state index in [2.05, 4.69) is 15.9 Å². The van der Waals surface area contributed by atoms with E-state index in [1.165, 1.54) is 11.4 Å². The number of thiophene rings is 1. The average Bonchev–Trinajstić information content (AvgIpc) is 2.48. The summed E-state index contributed by atoms with van der Waals surface area (Å²) in [7, 11) is 0. The highest BCUT2D eigenvalue weighted by molar-refractivity contribution is 9.10. The van der Waals surface area contributed by atoms with Crippen molar-refractivity contribution in [3.8, 4) is 0 Å². The Morgan fingerprint density at radius 1 is 1.25 bits per heavy atom. The van der Waals surface area contributed by atoms with Gasteiger partial charge in [0.05, 0.1) is 0 Å². The number of alkyl halides is 5. The Kier molecular flexibility index (Phi) is 5.18. The standard InChI is InChI=1S/C7H5BrF5NS.ClH/c8-3-1-2-15-4(3)5(14)6(9,10)7(11,12)13;/h1-2,5H,14H2;1H/t5-;/m1./s1. The van der Waals surface area contributed by atoms with Crippen molar-refractivity contribution in [2.45, 2.75) is 18.1 Å². The summed E-state index contributed by atoms with van der Waals surface area (Å²) >= 11 is 3.60. The minimum atomic E-state index is -5.64. The second-order valence-corrected chi connectivity index (χ2v) is 4.53. The van der Waals surface area contributed by atoms with E-state index in [9.17, 15) is 22.0 Å². The lowest BCUT2D eigenvalue weighted by Crippen LogP contribution is -2.45. The molecular formula is C7H6BrClF5NS. The van der Waals surface area contributed by atoms with E-state index in [0.717, 1.165) is 11.3 Å². The SMILES string of the molecule is Cl.N[C@H](c1sccc1Br)C(F)(F)C(F)(F)F. The van der Waals surface area contributed by atoms with Gasteiger partial charge < -0.3 is 5.73 Å². The first-order chi connectivity index (χ1) is 6.68. The van der Waals surface area contributed by atoms with Crippen LogP contribution in [0.4, 0.5) is 22.0 Å². The number of hydrogen-bond donors (Lipinski definition) is 1. The lowest BCUT2D eigenvalue weighted by molar-refractivity contribution is -0.290. The normalized spacial score (nSPS) is 14.4. The molecule has 0 amide bonds. The Hall–Kier alpha value is 0.0800. The Labute approximate surface area is 106 Å². The molecule has 0 aromatic carbocycles. The molecular weight excluding hydrogens is 340 g/mol. The number of halogens is 7. The molecule has 1 atom stereocenters. The van der Waals surface area contributed by atoms with Crippen LogP contribution in [0.3, 0.4) is 0 Å². The van der Waals surface area contributed by atoms with Gasteiger partial charge in [-0.05, 0) is 27.4 Å². The molecule has 9 heteroatoms. The molecule has 0 aliphatic heterocycles. The van der Waals surface area contributed by atoms with E-state index in [1.54, 1.807) is 0 Å². The van der Waals surface area contributed by atoms with E-state index in [0.29, 0.717) is 0 Å². The largest absolute Gasteiger partial charge is 0.455 e. The molecule has 0 saturated carbocycles. The molecule has 1 rings (SSSR count). The second kappa shape index (κ2) is 5.16. The minimum absolute atomic E-state index is 0. The van der Waals surface area contributed by atoms with Gasteiger partial charge in [0, 0.05) is 9.35 Å². The molecule has 94 valence electrons. The number of nitrogens with two attached hydrogens (primary N) is 1. The summed E-state index contributed by atoms with van der Waals surface area (Å²) in [5.41, 5.74) is 4.91. The zero-order valence-electron chi connectivity index (χ0n) is 7.39. The Morgan fingerprint density at radius 3 is 2.06 bits per heavy atom. The highest BCUT2D eigenvalue weighted by Crippen LogP contribution is 2.45. The molecule has 1 heterocycles. The van der Waals surface area contributed by atoms with Gasteiger partial charge in [-0.1, -0.05) is 0 Å². The maximum atomic E-state index is 12.8. The fraction of sp³-hybridized carbons (Fsp3) is 0.429. The third kappa shape index (κ3) is 2.85. The fourth-order valence-electron chi connectivity index (χ4n) is 0.868. The third-order valence-corrected chi connectivity index (χ3v) is 3.65. The van der Waals surface area contributed by atoms with Gasteiger partial charge in [-0.25, -0.2) is 0 Å². The molecule has 0 aliphatic rings. The maximum Gasteiger partial charge on any atom is 0.455 e. The zero-order valence-corrected chi connectivity index (χ0v) is 10.6. The summed E-state index contributed by atoms with van der Waals surface area (Å²) < 4.78 is 61.7. The van der Waals surface area contributed by atoms with Crippen molar-refractivity contribution >= 4 is 39.7 Å². The van der Waals surface area contributed by atoms with E-state index in [4.69, 9.17) is 5.73 Å². The van der Waals surface area contributed by atoms with E-state index >= 15 is 0 Å². The van der Waals surface area contributed by atoms with Crippen LogP contribution < -0.4 is 5.73 Å². The number of rotatable bonds is 2. The second-order valence-electron chi connectivity index (χ2n) is 2.73. The van der Waals surface area contributed by atoms with Gasteiger partial charge in [0.2, 0.25) is 0 Å². The van der Waals surface area contributed by atoms with Crippen molar-refractivity contribution in [1.29, 1.82) is 0 Å². The van der Waals surface area contributed by atoms with Crippen molar-refractivity contribution < 1.29 is 22.0 Å². The first kappa shape index (κ1) is 16.1. The van der Waals surface area contributed by atoms with Crippen LogP contribution in [0.2, 0.25) is 0 Å². The van der Waals surface area contributed by atoms with Crippen molar-refractivity contribution in [3.05, 3.63) is 20.8 Å². The molecule has 1 aromatic heterocycles. The molecule has 0 unspecified atom stereocenters. The molecule has 0 radical (unpaired) electrons. The lowest BCUT2D eigenvalue weighted by atomic mass is 10.1. The van der Waals surface area contributed by atoms with Crippen LogP contribution in [-0.4, -0.2) is 12.1 Å². The van der Waals surface area contributed by atoms with Crippen molar-refractivity contribution in [2.75, 3.05) is 0 Å². The van der Waals surface area contributed by atoms with Gasteiger partial charge in [-0.2, -0.15) is 22.0 Å². The molecule has 0 spiro atoms. The topological polar surface area (TPSA) is 26.0 Å². The smallest absolute Gasteiger partial charge is 0.318 e. The molecule has 2 N–H and O–H groups in total. The Balaban J connectivity index is 0.00000225. The van der Waals surface area contributed by atoms with Crippen LogP contribution in [0, 0.1) is 0 Å². The van der Waals surface area contributed by atoms with Crippen LogP contribution in [0.15, 0.2) is 15.9 Å². The predicted octanol–water partition coefficient (Wildman–Crippen LogP) is 4.13. The summed E-state index contributed by atoms with van der Waals surface area (Å²) in [4.78, 5) is -0.225. The third-order valence-electron chi connectivity index (χ3n) is 1.70. The van der Waals surface area contributed by atoms with Crippen LogP contribution in [0.25, 0.3) is 0 Å². The van der Waals surface area contributed by atoms with Gasteiger partial charge >= 0.3 is 12.1 Å². The van der Waals surface area contributed by atoms with Gasteiger partial charge in [0.15, 0.2) is 0 Å². The molecule has 1 nitrogen and oxygen atoms in total. The molecule has 0 saturated heterocycles. The van der Waals surface area contributed by atoms with E-state index < -0.39 is 18.1 Å². The van der Waals surface area contributed by atoms with E-state index in [1.807, 2.05) is 0 Å². The first-order valence-corrected chi connectivity index (χ1v) is 5.28. The first-order valence-electron chi connectivity index (χ1n) is 3.61. The minimum Gasteiger partial charge on any atom is -0.318 e. The van der Waals surface area contributed by atoms with Crippen LogP contribution >= 0.6 is 39.7 Å². The van der Waals surface area contributed by atoms with Gasteiger partial charge in [0.25, 0.3) is 0 Å². The molecule has 0 aliphatic carbocycles.